The van der Waals surface area contributed by atoms with Crippen LogP contribution in [0.25, 0.3) is 0 Å². The molecule has 1 aliphatic heterocycles. The molecule has 0 spiro atoms. The third-order valence-electron chi connectivity index (χ3n) is 3.76. The van der Waals surface area contributed by atoms with E-state index in [9.17, 15) is 13.2 Å². The lowest BCUT2D eigenvalue weighted by atomic mass is 9.95. The number of rotatable bonds is 2. The molecule has 106 valence electrons. The Bertz CT molecular complexity index is 435. The number of aryl methyl sites for hydroxylation is 1. The molecule has 0 bridgehead atoms. The zero-order chi connectivity index (χ0) is 14.0. The van der Waals surface area contributed by atoms with Gasteiger partial charge in [0.1, 0.15) is 0 Å². The number of alkyl halides is 3. The number of nitrogens with zero attached hydrogens (tertiary/aromatic N) is 1. The lowest BCUT2D eigenvalue weighted by molar-refractivity contribution is -0.179. The van der Waals surface area contributed by atoms with E-state index in [0.29, 0.717) is 19.6 Å². The van der Waals surface area contributed by atoms with Crippen molar-refractivity contribution >= 4 is 5.69 Å². The Morgan fingerprint density at radius 1 is 1.26 bits per heavy atom. The topological polar surface area (TPSA) is 29.3 Å². The van der Waals surface area contributed by atoms with Crippen molar-refractivity contribution in [1.29, 1.82) is 0 Å². The summed E-state index contributed by atoms with van der Waals surface area (Å²) in [6.07, 6.45) is -3.72. The molecule has 0 aliphatic carbocycles. The van der Waals surface area contributed by atoms with Crippen molar-refractivity contribution in [1.82, 2.24) is 0 Å². The summed E-state index contributed by atoms with van der Waals surface area (Å²) >= 11 is 0. The van der Waals surface area contributed by atoms with Gasteiger partial charge in [-0.2, -0.15) is 13.2 Å². The first kappa shape index (κ1) is 14.2. The molecular formula is C14H19F3N2. The largest absolute Gasteiger partial charge is 0.391 e. The molecule has 0 radical (unpaired) electrons. The zero-order valence-corrected chi connectivity index (χ0v) is 11.0. The molecule has 2 nitrogen and oxygen atoms in total. The number of hydrogen-bond donors (Lipinski definition) is 1. The van der Waals surface area contributed by atoms with Gasteiger partial charge in [0.05, 0.1) is 5.92 Å². The first-order valence-electron chi connectivity index (χ1n) is 6.53. The highest BCUT2D eigenvalue weighted by Crippen LogP contribution is 2.36. The summed E-state index contributed by atoms with van der Waals surface area (Å²) in [7, 11) is 0. The summed E-state index contributed by atoms with van der Waals surface area (Å²) < 4.78 is 37.9. The van der Waals surface area contributed by atoms with E-state index < -0.39 is 12.1 Å². The summed E-state index contributed by atoms with van der Waals surface area (Å²) in [5.74, 6) is -1.16. The Hall–Kier alpha value is -1.23. The van der Waals surface area contributed by atoms with E-state index >= 15 is 0 Å². The van der Waals surface area contributed by atoms with Gasteiger partial charge < -0.3 is 10.6 Å². The Morgan fingerprint density at radius 2 is 1.89 bits per heavy atom. The van der Waals surface area contributed by atoms with Crippen LogP contribution in [0.3, 0.4) is 0 Å². The molecule has 1 aromatic rings. The Balaban J connectivity index is 2.11. The van der Waals surface area contributed by atoms with Gasteiger partial charge in [-0.15, -0.1) is 0 Å². The van der Waals surface area contributed by atoms with E-state index in [0.717, 1.165) is 16.8 Å². The van der Waals surface area contributed by atoms with Crippen LogP contribution in [-0.2, 0) is 6.54 Å². The van der Waals surface area contributed by atoms with Gasteiger partial charge in [0.15, 0.2) is 0 Å². The van der Waals surface area contributed by atoms with Crippen LogP contribution >= 0.6 is 0 Å². The van der Waals surface area contributed by atoms with Crippen LogP contribution in [0.1, 0.15) is 24.0 Å². The minimum absolute atomic E-state index is 0.168. The van der Waals surface area contributed by atoms with Crippen molar-refractivity contribution in [3.63, 3.8) is 0 Å². The number of halogens is 3. The normalized spacial score (nSPS) is 17.8. The predicted octanol–water partition coefficient (Wildman–Crippen LogP) is 3.23. The van der Waals surface area contributed by atoms with Gasteiger partial charge in [-0.25, -0.2) is 0 Å². The number of nitrogens with two attached hydrogens (primary N) is 1. The van der Waals surface area contributed by atoms with E-state index in [2.05, 4.69) is 0 Å². The molecule has 0 unspecified atom stereocenters. The maximum Gasteiger partial charge on any atom is 0.391 e. The third kappa shape index (κ3) is 3.21. The van der Waals surface area contributed by atoms with Crippen LogP contribution in [-0.4, -0.2) is 19.3 Å². The van der Waals surface area contributed by atoms with E-state index in [4.69, 9.17) is 5.73 Å². The lowest BCUT2D eigenvalue weighted by Gasteiger charge is -2.35. The molecule has 0 saturated carbocycles. The van der Waals surface area contributed by atoms with E-state index in [1.165, 1.54) is 0 Å². The van der Waals surface area contributed by atoms with E-state index in [-0.39, 0.29) is 12.8 Å². The molecule has 1 aliphatic rings. The summed E-state index contributed by atoms with van der Waals surface area (Å²) in [6.45, 7) is 3.28. The monoisotopic (exact) mass is 272 g/mol. The molecule has 0 atom stereocenters. The Labute approximate surface area is 111 Å². The average Bonchev–Trinajstić information content (AvgIpc) is 2.38. The van der Waals surface area contributed by atoms with Crippen molar-refractivity contribution < 1.29 is 13.2 Å². The quantitative estimate of drug-likeness (QED) is 0.895. The molecule has 0 aromatic heterocycles. The molecule has 19 heavy (non-hydrogen) atoms. The smallest absolute Gasteiger partial charge is 0.371 e. The standard InChI is InChI=1S/C14H19F3N2/c1-10-2-3-11(9-18)13(8-10)19-6-4-12(5-7-19)14(15,16)17/h2-3,8,12H,4-7,9,18H2,1H3. The molecular weight excluding hydrogens is 253 g/mol. The molecule has 2 rings (SSSR count). The molecule has 2 N–H and O–H groups in total. The van der Waals surface area contributed by atoms with Gasteiger partial charge in [0, 0.05) is 25.3 Å². The van der Waals surface area contributed by atoms with Gasteiger partial charge in [-0.3, -0.25) is 0 Å². The lowest BCUT2D eigenvalue weighted by Crippen LogP contribution is -2.39. The van der Waals surface area contributed by atoms with Gasteiger partial charge in [0.2, 0.25) is 0 Å². The van der Waals surface area contributed by atoms with Crippen LogP contribution in [0.4, 0.5) is 18.9 Å². The highest BCUT2D eigenvalue weighted by atomic mass is 19.4. The molecule has 1 aromatic carbocycles. The minimum atomic E-state index is -4.06. The van der Waals surface area contributed by atoms with Crippen LogP contribution in [0.2, 0.25) is 0 Å². The molecule has 5 heteroatoms. The van der Waals surface area contributed by atoms with E-state index in [1.807, 2.05) is 30.0 Å². The zero-order valence-electron chi connectivity index (χ0n) is 11.0. The highest BCUT2D eigenvalue weighted by Gasteiger charge is 2.41. The van der Waals surface area contributed by atoms with Crippen molar-refractivity contribution in [3.8, 4) is 0 Å². The first-order chi connectivity index (χ1) is 8.91. The second-order valence-electron chi connectivity index (χ2n) is 5.14. The minimum Gasteiger partial charge on any atom is -0.371 e. The van der Waals surface area contributed by atoms with Crippen LogP contribution in [0.15, 0.2) is 18.2 Å². The SMILES string of the molecule is Cc1ccc(CN)c(N2CCC(C(F)(F)F)CC2)c1. The van der Waals surface area contributed by atoms with Crippen LogP contribution < -0.4 is 10.6 Å². The summed E-state index contributed by atoms with van der Waals surface area (Å²) in [6, 6.07) is 5.95. The van der Waals surface area contributed by atoms with Gasteiger partial charge in [0.25, 0.3) is 0 Å². The number of hydrogen-bond acceptors (Lipinski definition) is 2. The molecule has 1 fully saturated rings. The fraction of sp³-hybridized carbons (Fsp3) is 0.571. The highest BCUT2D eigenvalue weighted by molar-refractivity contribution is 5.55. The van der Waals surface area contributed by atoms with Crippen molar-refractivity contribution in [3.05, 3.63) is 29.3 Å². The van der Waals surface area contributed by atoms with Crippen LogP contribution in [0.5, 0.6) is 0 Å². The fourth-order valence-corrected chi connectivity index (χ4v) is 2.59. The third-order valence-corrected chi connectivity index (χ3v) is 3.76. The maximum absolute atomic E-state index is 12.6. The predicted molar refractivity (Wildman–Crippen MR) is 70.1 cm³/mol. The fourth-order valence-electron chi connectivity index (χ4n) is 2.59. The van der Waals surface area contributed by atoms with Gasteiger partial charge in [-0.1, -0.05) is 12.1 Å². The summed E-state index contributed by atoms with van der Waals surface area (Å²) in [4.78, 5) is 2.03. The van der Waals surface area contributed by atoms with E-state index in [1.54, 1.807) is 0 Å². The van der Waals surface area contributed by atoms with Crippen LogP contribution in [0, 0.1) is 12.8 Å². The first-order valence-corrected chi connectivity index (χ1v) is 6.53. The number of anilines is 1. The second-order valence-corrected chi connectivity index (χ2v) is 5.14. The maximum atomic E-state index is 12.6. The van der Waals surface area contributed by atoms with Gasteiger partial charge >= 0.3 is 6.18 Å². The Morgan fingerprint density at radius 3 is 2.42 bits per heavy atom. The second kappa shape index (κ2) is 5.41. The van der Waals surface area contributed by atoms with Crippen molar-refractivity contribution in [2.45, 2.75) is 32.5 Å². The molecule has 1 saturated heterocycles. The number of piperidine rings is 1. The number of benzene rings is 1. The molecule has 1 heterocycles. The van der Waals surface area contributed by atoms with Crippen molar-refractivity contribution in [2.24, 2.45) is 11.7 Å². The van der Waals surface area contributed by atoms with Gasteiger partial charge in [-0.05, 0) is 37.0 Å². The summed E-state index contributed by atoms with van der Waals surface area (Å²) in [5.41, 5.74) is 8.78. The summed E-state index contributed by atoms with van der Waals surface area (Å²) in [5, 5.41) is 0. The Kier molecular flexibility index (Phi) is 4.04. The molecule has 0 amide bonds. The van der Waals surface area contributed by atoms with Crippen molar-refractivity contribution in [2.75, 3.05) is 18.0 Å². The average molecular weight is 272 g/mol.